The topological polar surface area (TPSA) is 92.5 Å². The number of allylic oxidation sites excluding steroid dienone is 1. The van der Waals surface area contributed by atoms with Gasteiger partial charge in [0, 0.05) is 5.70 Å². The lowest BCUT2D eigenvalue weighted by Gasteiger charge is -2.24. The number of methoxy groups -OCH3 is 4. The Morgan fingerprint density at radius 2 is 1.59 bits per heavy atom. The molecule has 3 aromatic rings. The standard InChI is InChI=1S/C20H21N5O4/c1-26-14-7-5-12(6-8-14)15-11-16(25-20(21-15)22-23-24-25)13-9-17(27-2)19(29-4)18(10-13)28-3/h5-11,16H,1-4H3,(H,21,22,24)/t16-/m1/s1. The summed E-state index contributed by atoms with van der Waals surface area (Å²) in [4.78, 5) is 0. The van der Waals surface area contributed by atoms with Gasteiger partial charge in [-0.05, 0) is 64.0 Å². The van der Waals surface area contributed by atoms with E-state index in [1.165, 1.54) is 0 Å². The largest absolute Gasteiger partial charge is 0.497 e. The number of benzene rings is 2. The summed E-state index contributed by atoms with van der Waals surface area (Å²) in [7, 11) is 6.39. The summed E-state index contributed by atoms with van der Waals surface area (Å²) in [6.45, 7) is 0. The van der Waals surface area contributed by atoms with Crippen molar-refractivity contribution >= 4 is 11.6 Å². The Labute approximate surface area is 167 Å². The van der Waals surface area contributed by atoms with Crippen LogP contribution in [0.25, 0.3) is 5.70 Å². The van der Waals surface area contributed by atoms with Crippen molar-refractivity contribution in [3.05, 3.63) is 53.6 Å². The van der Waals surface area contributed by atoms with Crippen LogP contribution in [0.15, 0.2) is 42.5 Å². The molecule has 1 aliphatic heterocycles. The molecule has 9 nitrogen and oxygen atoms in total. The lowest BCUT2D eigenvalue weighted by Crippen LogP contribution is -2.20. The molecular formula is C20H21N5O4. The third-order valence-corrected chi connectivity index (χ3v) is 4.76. The van der Waals surface area contributed by atoms with Crippen LogP contribution in [0.3, 0.4) is 0 Å². The van der Waals surface area contributed by atoms with Crippen LogP contribution in [0, 0.1) is 0 Å². The Morgan fingerprint density at radius 1 is 0.897 bits per heavy atom. The number of nitrogens with zero attached hydrogens (tertiary/aromatic N) is 4. The molecule has 4 rings (SSSR count). The molecule has 0 bridgehead atoms. The quantitative estimate of drug-likeness (QED) is 0.681. The van der Waals surface area contributed by atoms with Crippen LogP contribution in [-0.4, -0.2) is 48.6 Å². The summed E-state index contributed by atoms with van der Waals surface area (Å²) in [5.74, 6) is 2.99. The maximum atomic E-state index is 5.50. The van der Waals surface area contributed by atoms with Gasteiger partial charge in [-0.25, -0.2) is 0 Å². The van der Waals surface area contributed by atoms with Gasteiger partial charge in [0.25, 0.3) is 0 Å². The summed E-state index contributed by atoms with van der Waals surface area (Å²) in [5.41, 5.74) is 2.76. The van der Waals surface area contributed by atoms with Crippen molar-refractivity contribution in [2.24, 2.45) is 0 Å². The number of nitrogens with one attached hydrogen (secondary N) is 1. The zero-order valence-corrected chi connectivity index (χ0v) is 16.5. The Bertz CT molecular complexity index is 1020. The second kappa shape index (κ2) is 7.70. The number of hydrogen-bond donors (Lipinski definition) is 1. The van der Waals surface area contributed by atoms with Gasteiger partial charge in [0.1, 0.15) is 11.8 Å². The van der Waals surface area contributed by atoms with E-state index in [4.69, 9.17) is 18.9 Å². The molecule has 0 unspecified atom stereocenters. The van der Waals surface area contributed by atoms with E-state index in [9.17, 15) is 0 Å². The number of aromatic nitrogens is 4. The zero-order valence-electron chi connectivity index (χ0n) is 16.5. The van der Waals surface area contributed by atoms with Gasteiger partial charge in [0.15, 0.2) is 11.5 Å². The average molecular weight is 395 g/mol. The van der Waals surface area contributed by atoms with Gasteiger partial charge >= 0.3 is 0 Å². The van der Waals surface area contributed by atoms with E-state index < -0.39 is 0 Å². The van der Waals surface area contributed by atoms with Gasteiger partial charge in [-0.15, -0.1) is 0 Å². The van der Waals surface area contributed by atoms with Crippen molar-refractivity contribution < 1.29 is 18.9 Å². The number of fused-ring (bicyclic) bond motifs is 1. The van der Waals surface area contributed by atoms with E-state index in [-0.39, 0.29) is 6.04 Å². The SMILES string of the molecule is COc1ccc(C2=C[C@H](c3cc(OC)c(OC)c(OC)c3)n3nnnc3N2)cc1. The molecule has 0 spiro atoms. The smallest absolute Gasteiger partial charge is 0.248 e. The fourth-order valence-corrected chi connectivity index (χ4v) is 3.30. The minimum absolute atomic E-state index is 0.271. The Hall–Kier alpha value is -3.75. The first-order valence-electron chi connectivity index (χ1n) is 8.89. The first-order valence-corrected chi connectivity index (χ1v) is 8.89. The van der Waals surface area contributed by atoms with Crippen LogP contribution in [0.1, 0.15) is 17.2 Å². The number of tetrazole rings is 1. The van der Waals surface area contributed by atoms with Gasteiger partial charge in [-0.3, -0.25) is 0 Å². The second-order valence-electron chi connectivity index (χ2n) is 6.28. The number of hydrogen-bond acceptors (Lipinski definition) is 8. The molecule has 0 saturated carbocycles. The molecule has 0 aliphatic carbocycles. The van der Waals surface area contributed by atoms with E-state index in [1.807, 2.05) is 42.5 Å². The zero-order chi connectivity index (χ0) is 20.4. The molecular weight excluding hydrogens is 374 g/mol. The average Bonchev–Trinajstić information content (AvgIpc) is 3.26. The van der Waals surface area contributed by atoms with Crippen molar-refractivity contribution in [3.63, 3.8) is 0 Å². The highest BCUT2D eigenvalue weighted by molar-refractivity contribution is 5.77. The summed E-state index contributed by atoms with van der Waals surface area (Å²) in [6, 6.07) is 11.3. The minimum Gasteiger partial charge on any atom is -0.497 e. The van der Waals surface area contributed by atoms with Gasteiger partial charge < -0.3 is 24.3 Å². The van der Waals surface area contributed by atoms with Crippen LogP contribution in [0.4, 0.5) is 5.95 Å². The van der Waals surface area contributed by atoms with Crippen molar-refractivity contribution in [3.8, 4) is 23.0 Å². The molecule has 0 radical (unpaired) electrons. The van der Waals surface area contributed by atoms with Crippen LogP contribution >= 0.6 is 0 Å². The van der Waals surface area contributed by atoms with Crippen molar-refractivity contribution in [1.29, 1.82) is 0 Å². The van der Waals surface area contributed by atoms with Crippen LogP contribution in [-0.2, 0) is 0 Å². The molecule has 29 heavy (non-hydrogen) atoms. The van der Waals surface area contributed by atoms with Gasteiger partial charge in [-0.1, -0.05) is 5.10 Å². The highest BCUT2D eigenvalue weighted by Gasteiger charge is 2.26. The summed E-state index contributed by atoms with van der Waals surface area (Å²) >= 11 is 0. The normalized spacial score (nSPS) is 15.0. The molecule has 1 aliphatic rings. The van der Waals surface area contributed by atoms with Crippen LogP contribution in [0.5, 0.6) is 23.0 Å². The molecule has 1 N–H and O–H groups in total. The van der Waals surface area contributed by atoms with Crippen molar-refractivity contribution in [2.75, 3.05) is 33.8 Å². The highest BCUT2D eigenvalue weighted by Crippen LogP contribution is 2.42. The molecule has 1 aromatic heterocycles. The Kier molecular flexibility index (Phi) is 4.94. The first-order chi connectivity index (χ1) is 14.2. The maximum Gasteiger partial charge on any atom is 0.248 e. The number of rotatable bonds is 6. The Morgan fingerprint density at radius 3 is 2.17 bits per heavy atom. The molecule has 9 heteroatoms. The predicted octanol–water partition coefficient (Wildman–Crippen LogP) is 2.76. The molecule has 0 saturated heterocycles. The summed E-state index contributed by atoms with van der Waals surface area (Å²) in [5, 5.41) is 15.3. The molecule has 0 fully saturated rings. The number of anilines is 1. The number of ether oxygens (including phenoxy) is 4. The van der Waals surface area contributed by atoms with E-state index in [1.54, 1.807) is 33.1 Å². The summed E-state index contributed by atoms with van der Waals surface area (Å²) < 4.78 is 23.4. The minimum atomic E-state index is -0.271. The van der Waals surface area contributed by atoms with Gasteiger partial charge in [0.2, 0.25) is 11.7 Å². The van der Waals surface area contributed by atoms with E-state index in [0.29, 0.717) is 23.2 Å². The third-order valence-electron chi connectivity index (χ3n) is 4.76. The van der Waals surface area contributed by atoms with Gasteiger partial charge in [-0.2, -0.15) is 4.68 Å². The third kappa shape index (κ3) is 3.31. The van der Waals surface area contributed by atoms with Crippen LogP contribution in [0.2, 0.25) is 0 Å². The first kappa shape index (κ1) is 18.6. The summed E-state index contributed by atoms with van der Waals surface area (Å²) in [6.07, 6.45) is 2.05. The van der Waals surface area contributed by atoms with E-state index in [0.717, 1.165) is 22.6 Å². The fraction of sp³-hybridized carbons (Fsp3) is 0.250. The highest BCUT2D eigenvalue weighted by atomic mass is 16.5. The van der Waals surface area contributed by atoms with Crippen molar-refractivity contribution in [1.82, 2.24) is 20.2 Å². The second-order valence-corrected chi connectivity index (χ2v) is 6.28. The lowest BCUT2D eigenvalue weighted by atomic mass is 10.0. The Balaban J connectivity index is 1.82. The van der Waals surface area contributed by atoms with E-state index in [2.05, 4.69) is 20.8 Å². The molecule has 1 atom stereocenters. The van der Waals surface area contributed by atoms with Gasteiger partial charge in [0.05, 0.1) is 28.4 Å². The maximum absolute atomic E-state index is 5.50. The monoisotopic (exact) mass is 395 g/mol. The van der Waals surface area contributed by atoms with Crippen molar-refractivity contribution in [2.45, 2.75) is 6.04 Å². The van der Waals surface area contributed by atoms with E-state index >= 15 is 0 Å². The fourth-order valence-electron chi connectivity index (χ4n) is 3.30. The molecule has 2 aromatic carbocycles. The molecule has 0 amide bonds. The molecule has 2 heterocycles. The predicted molar refractivity (Wildman–Crippen MR) is 107 cm³/mol. The van der Waals surface area contributed by atoms with Crippen LogP contribution < -0.4 is 24.3 Å². The lowest BCUT2D eigenvalue weighted by molar-refractivity contribution is 0.323. The molecule has 150 valence electrons.